The lowest BCUT2D eigenvalue weighted by Crippen LogP contribution is -2.24. The fraction of sp³-hybridized carbons (Fsp3) is 0. The molecule has 0 unspecified atom stereocenters. The van der Waals surface area contributed by atoms with Gasteiger partial charge in [0.05, 0.1) is 4.47 Å². The third-order valence-electron chi connectivity index (χ3n) is 2.01. The van der Waals surface area contributed by atoms with Crippen LogP contribution >= 0.6 is 39.1 Å². The maximum atomic E-state index is 11.3. The molecular formula is C11H6BrCl2NO. The van der Waals surface area contributed by atoms with Crippen LogP contribution in [-0.2, 0) is 0 Å². The number of hydrogen-bond acceptors (Lipinski definition) is 1. The summed E-state index contributed by atoms with van der Waals surface area (Å²) in [7, 11) is 0. The standard InChI is InChI=1S/C11H6BrCl2NO/c12-9-1-8(5-15(16)6-9)7-2-10(13)4-11(14)3-7/h1-6H. The van der Waals surface area contributed by atoms with Crippen molar-refractivity contribution in [2.45, 2.75) is 0 Å². The SMILES string of the molecule is [O-][n+]1cc(Br)cc(-c2cc(Cl)cc(Cl)c2)c1. The second kappa shape index (κ2) is 4.62. The molecule has 0 bridgehead atoms. The van der Waals surface area contributed by atoms with Gasteiger partial charge in [-0.3, -0.25) is 0 Å². The van der Waals surface area contributed by atoms with E-state index in [0.29, 0.717) is 14.5 Å². The van der Waals surface area contributed by atoms with E-state index in [9.17, 15) is 5.21 Å². The van der Waals surface area contributed by atoms with Crippen molar-refractivity contribution in [3.05, 3.63) is 56.4 Å². The number of aromatic nitrogens is 1. The number of pyridine rings is 1. The van der Waals surface area contributed by atoms with Gasteiger partial charge in [0.25, 0.3) is 0 Å². The minimum Gasteiger partial charge on any atom is -0.619 e. The molecule has 0 saturated heterocycles. The van der Waals surface area contributed by atoms with Crippen LogP contribution in [0.25, 0.3) is 11.1 Å². The predicted molar refractivity (Wildman–Crippen MR) is 68.6 cm³/mol. The zero-order valence-electron chi connectivity index (χ0n) is 7.95. The number of hydrogen-bond donors (Lipinski definition) is 0. The van der Waals surface area contributed by atoms with E-state index in [1.165, 1.54) is 12.4 Å². The van der Waals surface area contributed by atoms with Gasteiger partial charge in [0.2, 0.25) is 0 Å². The third-order valence-corrected chi connectivity index (χ3v) is 2.88. The van der Waals surface area contributed by atoms with Crippen molar-refractivity contribution in [2.24, 2.45) is 0 Å². The van der Waals surface area contributed by atoms with E-state index in [-0.39, 0.29) is 0 Å². The summed E-state index contributed by atoms with van der Waals surface area (Å²) < 4.78 is 1.44. The monoisotopic (exact) mass is 317 g/mol. The van der Waals surface area contributed by atoms with Gasteiger partial charge in [0.1, 0.15) is 0 Å². The lowest BCUT2D eigenvalue weighted by atomic mass is 10.1. The molecule has 0 aliphatic carbocycles. The Bertz CT molecular complexity index is 456. The molecule has 0 saturated carbocycles. The first-order valence-corrected chi connectivity index (χ1v) is 5.95. The van der Waals surface area contributed by atoms with Crippen molar-refractivity contribution in [3.8, 4) is 11.1 Å². The van der Waals surface area contributed by atoms with Crippen LogP contribution in [0.2, 0.25) is 10.0 Å². The minimum absolute atomic E-state index is 0.542. The second-order valence-electron chi connectivity index (χ2n) is 3.26. The average Bonchev–Trinajstić information content (AvgIpc) is 2.14. The highest BCUT2D eigenvalue weighted by Crippen LogP contribution is 2.27. The van der Waals surface area contributed by atoms with E-state index < -0.39 is 0 Å². The average molecular weight is 319 g/mol. The van der Waals surface area contributed by atoms with Crippen LogP contribution in [0.3, 0.4) is 0 Å². The van der Waals surface area contributed by atoms with Crippen LogP contribution < -0.4 is 4.73 Å². The van der Waals surface area contributed by atoms with Gasteiger partial charge < -0.3 is 5.21 Å². The Morgan fingerprint density at radius 2 is 1.56 bits per heavy atom. The summed E-state index contributed by atoms with van der Waals surface area (Å²) in [5.41, 5.74) is 1.57. The van der Waals surface area contributed by atoms with Gasteiger partial charge in [-0.2, -0.15) is 4.73 Å². The predicted octanol–water partition coefficient (Wildman–Crippen LogP) is 4.06. The van der Waals surface area contributed by atoms with E-state index in [1.807, 2.05) is 6.07 Å². The molecule has 1 aromatic heterocycles. The highest BCUT2D eigenvalue weighted by molar-refractivity contribution is 9.10. The topological polar surface area (TPSA) is 26.9 Å². The van der Waals surface area contributed by atoms with Gasteiger partial charge in [-0.05, 0) is 45.8 Å². The van der Waals surface area contributed by atoms with Crippen LogP contribution in [0.1, 0.15) is 0 Å². The molecule has 0 atom stereocenters. The fourth-order valence-corrected chi connectivity index (χ4v) is 2.37. The van der Waals surface area contributed by atoms with Crippen molar-refractivity contribution in [3.63, 3.8) is 0 Å². The third kappa shape index (κ3) is 2.67. The molecule has 0 radical (unpaired) electrons. The van der Waals surface area contributed by atoms with Gasteiger partial charge in [-0.25, -0.2) is 0 Å². The molecule has 2 nitrogen and oxygen atoms in total. The van der Waals surface area contributed by atoms with Crippen molar-refractivity contribution in [1.29, 1.82) is 0 Å². The number of nitrogens with zero attached hydrogens (tertiary/aromatic N) is 1. The Kier molecular flexibility index (Phi) is 3.38. The molecule has 1 aromatic carbocycles. The second-order valence-corrected chi connectivity index (χ2v) is 5.05. The molecule has 16 heavy (non-hydrogen) atoms. The van der Waals surface area contributed by atoms with Gasteiger partial charge >= 0.3 is 0 Å². The first-order chi connectivity index (χ1) is 7.54. The molecule has 0 fully saturated rings. The number of benzene rings is 1. The Morgan fingerprint density at radius 1 is 0.938 bits per heavy atom. The van der Waals surface area contributed by atoms with Crippen LogP contribution in [-0.4, -0.2) is 0 Å². The highest BCUT2D eigenvalue weighted by Gasteiger charge is 2.06. The Morgan fingerprint density at radius 3 is 2.12 bits per heavy atom. The molecule has 0 aliphatic heterocycles. The van der Waals surface area contributed by atoms with E-state index in [0.717, 1.165) is 15.9 Å². The van der Waals surface area contributed by atoms with Crippen molar-refractivity contribution >= 4 is 39.1 Å². The lowest BCUT2D eigenvalue weighted by molar-refractivity contribution is -0.605. The zero-order chi connectivity index (χ0) is 11.7. The van der Waals surface area contributed by atoms with E-state index >= 15 is 0 Å². The summed E-state index contributed by atoms with van der Waals surface area (Å²) in [6.45, 7) is 0. The minimum atomic E-state index is 0.542. The van der Waals surface area contributed by atoms with Crippen LogP contribution in [0.15, 0.2) is 41.1 Å². The molecule has 0 amide bonds. The molecule has 0 N–H and O–H groups in total. The van der Waals surface area contributed by atoms with Crippen LogP contribution in [0, 0.1) is 5.21 Å². The van der Waals surface area contributed by atoms with Gasteiger partial charge in [-0.15, -0.1) is 0 Å². The first-order valence-electron chi connectivity index (χ1n) is 4.40. The zero-order valence-corrected chi connectivity index (χ0v) is 11.1. The van der Waals surface area contributed by atoms with Gasteiger partial charge in [0, 0.05) is 15.6 Å². The summed E-state index contributed by atoms with van der Waals surface area (Å²) in [4.78, 5) is 0. The molecular weight excluding hydrogens is 313 g/mol. The van der Waals surface area contributed by atoms with Gasteiger partial charge in [-0.1, -0.05) is 23.2 Å². The molecule has 82 valence electrons. The largest absolute Gasteiger partial charge is 0.619 e. The highest BCUT2D eigenvalue weighted by atomic mass is 79.9. The van der Waals surface area contributed by atoms with Crippen LogP contribution in [0.5, 0.6) is 0 Å². The summed E-state index contributed by atoms with van der Waals surface area (Å²) in [6.07, 6.45) is 2.89. The fourth-order valence-electron chi connectivity index (χ4n) is 1.40. The Balaban J connectivity index is 2.57. The number of halogens is 3. The van der Waals surface area contributed by atoms with E-state index in [1.54, 1.807) is 18.2 Å². The van der Waals surface area contributed by atoms with Crippen molar-refractivity contribution in [1.82, 2.24) is 0 Å². The lowest BCUT2D eigenvalue weighted by Gasteiger charge is -2.04. The first kappa shape index (κ1) is 11.7. The molecule has 2 aromatic rings. The maximum Gasteiger partial charge on any atom is 0.194 e. The molecule has 5 heteroatoms. The maximum absolute atomic E-state index is 11.3. The number of rotatable bonds is 1. The van der Waals surface area contributed by atoms with E-state index in [2.05, 4.69) is 15.9 Å². The summed E-state index contributed by atoms with van der Waals surface area (Å²) in [6, 6.07) is 7.00. The molecule has 0 spiro atoms. The molecule has 1 heterocycles. The summed E-state index contributed by atoms with van der Waals surface area (Å²) >= 11 is 15.1. The quantitative estimate of drug-likeness (QED) is 0.575. The van der Waals surface area contributed by atoms with Gasteiger partial charge in [0.15, 0.2) is 12.4 Å². The normalized spacial score (nSPS) is 10.4. The summed E-state index contributed by atoms with van der Waals surface area (Å²) in [5, 5.41) is 12.4. The van der Waals surface area contributed by atoms with E-state index in [4.69, 9.17) is 23.2 Å². The smallest absolute Gasteiger partial charge is 0.194 e. The van der Waals surface area contributed by atoms with Crippen molar-refractivity contribution in [2.75, 3.05) is 0 Å². The Hall–Kier alpha value is -0.770. The molecule has 0 aliphatic rings. The summed E-state index contributed by atoms with van der Waals surface area (Å²) in [5.74, 6) is 0. The van der Waals surface area contributed by atoms with Crippen LogP contribution in [0.4, 0.5) is 0 Å². The van der Waals surface area contributed by atoms with Crippen molar-refractivity contribution < 1.29 is 4.73 Å². The molecule has 2 rings (SSSR count). The Labute approximate surface area is 111 Å².